The Labute approximate surface area is 154 Å². The summed E-state index contributed by atoms with van der Waals surface area (Å²) in [4.78, 5) is 23.3. The van der Waals surface area contributed by atoms with E-state index in [-0.39, 0.29) is 5.91 Å². The van der Waals surface area contributed by atoms with Crippen molar-refractivity contribution in [2.45, 2.75) is 45.6 Å². The number of carbonyl (C=O) groups is 2. The molecule has 2 N–H and O–H groups in total. The highest BCUT2D eigenvalue weighted by Crippen LogP contribution is 2.22. The predicted molar refractivity (Wildman–Crippen MR) is 102 cm³/mol. The molecule has 0 saturated heterocycles. The maximum Gasteiger partial charge on any atom is 0.310 e. The Bertz CT molecular complexity index is 768. The van der Waals surface area contributed by atoms with Gasteiger partial charge in [0.05, 0.1) is 5.92 Å². The van der Waals surface area contributed by atoms with Crippen LogP contribution in [0.1, 0.15) is 50.7 Å². The van der Waals surface area contributed by atoms with Gasteiger partial charge in [-0.2, -0.15) is 0 Å². The van der Waals surface area contributed by atoms with Crippen LogP contribution in [0.4, 0.5) is 5.69 Å². The van der Waals surface area contributed by atoms with Crippen molar-refractivity contribution in [2.75, 3.05) is 5.32 Å². The zero-order valence-electron chi connectivity index (χ0n) is 15.5. The van der Waals surface area contributed by atoms with Crippen LogP contribution in [0.2, 0.25) is 0 Å². The maximum absolute atomic E-state index is 12.3. The Balaban J connectivity index is 1.98. The fourth-order valence-corrected chi connectivity index (χ4v) is 2.45. The fourth-order valence-electron chi connectivity index (χ4n) is 2.45. The standard InChI is InChI=1S/C21H25NO4/c1-13(2)17-6-5-7-19(12-17)26-15(4)20(23)22-18-10-8-16(9-11-18)14(3)21(24)25/h5-15H,1-4H3,(H,22,23)(H,24,25). The van der Waals surface area contributed by atoms with E-state index in [1.807, 2.05) is 24.3 Å². The number of nitrogens with one attached hydrogen (secondary N) is 1. The van der Waals surface area contributed by atoms with E-state index in [9.17, 15) is 9.59 Å². The number of aliphatic carboxylic acids is 1. The average molecular weight is 355 g/mol. The molecule has 0 fully saturated rings. The van der Waals surface area contributed by atoms with Crippen LogP contribution >= 0.6 is 0 Å². The van der Waals surface area contributed by atoms with Crippen molar-refractivity contribution in [2.24, 2.45) is 0 Å². The molecule has 0 aliphatic rings. The Morgan fingerprint density at radius 2 is 1.62 bits per heavy atom. The van der Waals surface area contributed by atoms with Crippen LogP contribution in [-0.4, -0.2) is 23.1 Å². The lowest BCUT2D eigenvalue weighted by Crippen LogP contribution is -2.30. The quantitative estimate of drug-likeness (QED) is 0.772. The number of hydrogen-bond donors (Lipinski definition) is 2. The van der Waals surface area contributed by atoms with Crippen LogP contribution < -0.4 is 10.1 Å². The lowest BCUT2D eigenvalue weighted by Gasteiger charge is -2.16. The highest BCUT2D eigenvalue weighted by molar-refractivity contribution is 5.94. The number of rotatable bonds is 7. The highest BCUT2D eigenvalue weighted by Gasteiger charge is 2.17. The third-order valence-electron chi connectivity index (χ3n) is 4.26. The average Bonchev–Trinajstić information content (AvgIpc) is 2.61. The summed E-state index contributed by atoms with van der Waals surface area (Å²) >= 11 is 0. The minimum atomic E-state index is -0.882. The Hall–Kier alpha value is -2.82. The summed E-state index contributed by atoms with van der Waals surface area (Å²) in [5.74, 6) is -0.694. The molecule has 0 saturated carbocycles. The van der Waals surface area contributed by atoms with Crippen molar-refractivity contribution < 1.29 is 19.4 Å². The molecule has 2 unspecified atom stereocenters. The molecule has 0 aromatic heterocycles. The fraction of sp³-hybridized carbons (Fsp3) is 0.333. The lowest BCUT2D eigenvalue weighted by molar-refractivity contribution is -0.138. The molecule has 0 heterocycles. The van der Waals surface area contributed by atoms with Gasteiger partial charge in [0, 0.05) is 5.69 Å². The third kappa shape index (κ3) is 5.09. The first kappa shape index (κ1) is 19.5. The van der Waals surface area contributed by atoms with Gasteiger partial charge in [0.1, 0.15) is 5.75 Å². The van der Waals surface area contributed by atoms with E-state index in [0.717, 1.165) is 5.56 Å². The van der Waals surface area contributed by atoms with Gasteiger partial charge in [-0.15, -0.1) is 0 Å². The first-order valence-corrected chi connectivity index (χ1v) is 8.68. The number of carbonyl (C=O) groups excluding carboxylic acids is 1. The molecule has 2 rings (SSSR count). The van der Waals surface area contributed by atoms with Crippen molar-refractivity contribution in [1.29, 1.82) is 0 Å². The van der Waals surface area contributed by atoms with Crippen LogP contribution in [0.5, 0.6) is 5.75 Å². The second-order valence-corrected chi connectivity index (χ2v) is 6.66. The summed E-state index contributed by atoms with van der Waals surface area (Å²) < 4.78 is 5.74. The van der Waals surface area contributed by atoms with E-state index < -0.39 is 18.0 Å². The minimum Gasteiger partial charge on any atom is -0.481 e. The normalized spacial score (nSPS) is 13.1. The van der Waals surface area contributed by atoms with E-state index in [1.54, 1.807) is 38.1 Å². The van der Waals surface area contributed by atoms with Gasteiger partial charge in [-0.25, -0.2) is 0 Å². The van der Waals surface area contributed by atoms with E-state index in [2.05, 4.69) is 19.2 Å². The Morgan fingerprint density at radius 1 is 0.962 bits per heavy atom. The molecule has 0 bridgehead atoms. The zero-order chi connectivity index (χ0) is 19.3. The molecule has 5 heteroatoms. The van der Waals surface area contributed by atoms with Gasteiger partial charge in [-0.05, 0) is 55.2 Å². The van der Waals surface area contributed by atoms with Gasteiger partial charge >= 0.3 is 5.97 Å². The summed E-state index contributed by atoms with van der Waals surface area (Å²) in [6.07, 6.45) is -0.657. The second-order valence-electron chi connectivity index (χ2n) is 6.66. The summed E-state index contributed by atoms with van der Waals surface area (Å²) in [7, 11) is 0. The monoisotopic (exact) mass is 355 g/mol. The van der Waals surface area contributed by atoms with Crippen LogP contribution in [-0.2, 0) is 9.59 Å². The number of anilines is 1. The van der Waals surface area contributed by atoms with Crippen LogP contribution in [0.15, 0.2) is 48.5 Å². The van der Waals surface area contributed by atoms with Crippen LogP contribution in [0.25, 0.3) is 0 Å². The highest BCUT2D eigenvalue weighted by atomic mass is 16.5. The Morgan fingerprint density at radius 3 is 2.19 bits per heavy atom. The van der Waals surface area contributed by atoms with Gasteiger partial charge in [-0.3, -0.25) is 9.59 Å². The SMILES string of the molecule is CC(Oc1cccc(C(C)C)c1)C(=O)Nc1ccc(C(C)C(=O)O)cc1. The van der Waals surface area contributed by atoms with Crippen molar-refractivity contribution in [3.05, 3.63) is 59.7 Å². The molecule has 2 atom stereocenters. The van der Waals surface area contributed by atoms with Gasteiger partial charge in [0.2, 0.25) is 0 Å². The van der Waals surface area contributed by atoms with E-state index in [1.165, 1.54) is 0 Å². The van der Waals surface area contributed by atoms with E-state index in [0.29, 0.717) is 22.9 Å². The molecule has 1 amide bonds. The first-order valence-electron chi connectivity index (χ1n) is 8.68. The molecule has 5 nitrogen and oxygen atoms in total. The molecular weight excluding hydrogens is 330 g/mol. The molecular formula is C21H25NO4. The molecule has 2 aromatic rings. The first-order chi connectivity index (χ1) is 12.3. The van der Waals surface area contributed by atoms with Gasteiger partial charge in [0.25, 0.3) is 5.91 Å². The number of benzene rings is 2. The molecule has 26 heavy (non-hydrogen) atoms. The molecule has 138 valence electrons. The molecule has 0 aliphatic heterocycles. The largest absolute Gasteiger partial charge is 0.481 e. The predicted octanol–water partition coefficient (Wildman–Crippen LogP) is 4.40. The summed E-state index contributed by atoms with van der Waals surface area (Å²) in [5, 5.41) is 11.8. The van der Waals surface area contributed by atoms with Crippen LogP contribution in [0, 0.1) is 0 Å². The second kappa shape index (κ2) is 8.52. The molecule has 0 radical (unpaired) electrons. The van der Waals surface area contributed by atoms with E-state index in [4.69, 9.17) is 9.84 Å². The van der Waals surface area contributed by atoms with Crippen molar-refractivity contribution >= 4 is 17.6 Å². The van der Waals surface area contributed by atoms with Crippen molar-refractivity contribution in [3.8, 4) is 5.75 Å². The molecule has 0 spiro atoms. The summed E-state index contributed by atoms with van der Waals surface area (Å²) in [6.45, 7) is 7.52. The van der Waals surface area contributed by atoms with Crippen LogP contribution in [0.3, 0.4) is 0 Å². The topological polar surface area (TPSA) is 75.6 Å². The molecule has 0 aliphatic carbocycles. The van der Waals surface area contributed by atoms with Gasteiger partial charge < -0.3 is 15.2 Å². The maximum atomic E-state index is 12.3. The van der Waals surface area contributed by atoms with E-state index >= 15 is 0 Å². The number of amides is 1. The van der Waals surface area contributed by atoms with Gasteiger partial charge in [0.15, 0.2) is 6.10 Å². The smallest absolute Gasteiger partial charge is 0.310 e. The Kier molecular flexibility index (Phi) is 6.39. The van der Waals surface area contributed by atoms with Gasteiger partial charge in [-0.1, -0.05) is 38.1 Å². The number of hydrogen-bond acceptors (Lipinski definition) is 3. The third-order valence-corrected chi connectivity index (χ3v) is 4.26. The summed E-state index contributed by atoms with van der Waals surface area (Å²) in [6, 6.07) is 14.5. The number of ether oxygens (including phenoxy) is 1. The molecule has 2 aromatic carbocycles. The van der Waals surface area contributed by atoms with Crippen molar-refractivity contribution in [1.82, 2.24) is 0 Å². The minimum absolute atomic E-state index is 0.265. The number of carboxylic acids is 1. The summed E-state index contributed by atoms with van der Waals surface area (Å²) in [5.41, 5.74) is 2.44. The zero-order valence-corrected chi connectivity index (χ0v) is 15.5. The van der Waals surface area contributed by atoms with Crippen molar-refractivity contribution in [3.63, 3.8) is 0 Å². The number of carboxylic acid groups (broad SMARTS) is 1. The lowest BCUT2D eigenvalue weighted by atomic mass is 10.0.